The number of aliphatic hydroxyl groups is 1. The van der Waals surface area contributed by atoms with Gasteiger partial charge in [-0.05, 0) is 31.0 Å². The highest BCUT2D eigenvalue weighted by atomic mass is 16.3. The van der Waals surface area contributed by atoms with Gasteiger partial charge in [-0.3, -0.25) is 4.98 Å². The van der Waals surface area contributed by atoms with E-state index in [0.29, 0.717) is 0 Å². The summed E-state index contributed by atoms with van der Waals surface area (Å²) in [7, 11) is 0. The molecular formula is C14H19N3O. The Kier molecular flexibility index (Phi) is 3.99. The largest absolute Gasteiger partial charge is 0.398 e. The van der Waals surface area contributed by atoms with Gasteiger partial charge in [0.25, 0.3) is 0 Å². The van der Waals surface area contributed by atoms with Crippen molar-refractivity contribution in [2.24, 2.45) is 0 Å². The average Bonchev–Trinajstić information content (AvgIpc) is 2.41. The predicted octanol–water partition coefficient (Wildman–Crippen LogP) is 2.39. The van der Waals surface area contributed by atoms with Gasteiger partial charge in [0.15, 0.2) is 0 Å². The van der Waals surface area contributed by atoms with Crippen molar-refractivity contribution in [3.05, 3.63) is 30.6 Å². The van der Waals surface area contributed by atoms with E-state index in [0.717, 1.165) is 35.0 Å². The fourth-order valence-corrected chi connectivity index (χ4v) is 2.09. The summed E-state index contributed by atoms with van der Waals surface area (Å²) in [5.74, 6) is 0. The minimum atomic E-state index is 0.194. The summed E-state index contributed by atoms with van der Waals surface area (Å²) in [5.41, 5.74) is 7.72. The first kappa shape index (κ1) is 12.6. The fourth-order valence-electron chi connectivity index (χ4n) is 2.09. The first-order chi connectivity index (χ1) is 8.76. The lowest BCUT2D eigenvalue weighted by molar-refractivity contribution is 0.278. The average molecular weight is 245 g/mol. The maximum absolute atomic E-state index is 9.03. The van der Waals surface area contributed by atoms with Crippen LogP contribution in [0.3, 0.4) is 0 Å². The summed E-state index contributed by atoms with van der Waals surface area (Å²) in [6.45, 7) is 2.30. The van der Waals surface area contributed by atoms with E-state index in [1.54, 1.807) is 12.4 Å². The molecule has 2 rings (SSSR count). The molecule has 1 aromatic carbocycles. The van der Waals surface area contributed by atoms with Crippen molar-refractivity contribution in [2.75, 3.05) is 17.7 Å². The van der Waals surface area contributed by atoms with Crippen LogP contribution in [0.4, 0.5) is 11.4 Å². The van der Waals surface area contributed by atoms with Gasteiger partial charge in [0.05, 0.1) is 0 Å². The van der Waals surface area contributed by atoms with Crippen LogP contribution in [0.2, 0.25) is 0 Å². The quantitative estimate of drug-likeness (QED) is 0.707. The molecule has 4 N–H and O–H groups in total. The zero-order valence-corrected chi connectivity index (χ0v) is 10.6. The molecule has 0 aliphatic heterocycles. The summed E-state index contributed by atoms with van der Waals surface area (Å²) >= 11 is 0. The molecule has 1 heterocycles. The third kappa shape index (κ3) is 2.54. The molecule has 0 saturated carbocycles. The van der Waals surface area contributed by atoms with Crippen LogP contribution in [0.25, 0.3) is 10.8 Å². The van der Waals surface area contributed by atoms with Gasteiger partial charge in [-0.1, -0.05) is 6.92 Å². The zero-order valence-electron chi connectivity index (χ0n) is 10.6. The lowest BCUT2D eigenvalue weighted by Gasteiger charge is -2.19. The van der Waals surface area contributed by atoms with E-state index in [1.807, 2.05) is 18.2 Å². The third-order valence-corrected chi connectivity index (χ3v) is 3.18. The molecule has 4 heteroatoms. The van der Waals surface area contributed by atoms with E-state index in [4.69, 9.17) is 10.8 Å². The van der Waals surface area contributed by atoms with Crippen LogP contribution >= 0.6 is 0 Å². The molecule has 96 valence electrons. The summed E-state index contributed by atoms with van der Waals surface area (Å²) in [5, 5.41) is 14.5. The lowest BCUT2D eigenvalue weighted by atomic mass is 10.1. The molecule has 0 fully saturated rings. The van der Waals surface area contributed by atoms with E-state index < -0.39 is 0 Å². The minimum Gasteiger partial charge on any atom is -0.398 e. The second kappa shape index (κ2) is 5.69. The van der Waals surface area contributed by atoms with E-state index in [1.165, 1.54) is 0 Å². The molecule has 0 amide bonds. The molecule has 4 nitrogen and oxygen atoms in total. The maximum Gasteiger partial charge on any atom is 0.0450 e. The number of rotatable bonds is 5. The van der Waals surface area contributed by atoms with Crippen molar-refractivity contribution in [3.8, 4) is 0 Å². The molecule has 0 radical (unpaired) electrons. The van der Waals surface area contributed by atoms with Crippen LogP contribution in [-0.4, -0.2) is 22.7 Å². The molecule has 0 bridgehead atoms. The van der Waals surface area contributed by atoms with E-state index in [-0.39, 0.29) is 12.6 Å². The number of nitrogens with zero attached hydrogens (tertiary/aromatic N) is 1. The Bertz CT molecular complexity index is 527. The van der Waals surface area contributed by atoms with Crippen LogP contribution in [-0.2, 0) is 0 Å². The Morgan fingerprint density at radius 3 is 2.89 bits per heavy atom. The highest BCUT2D eigenvalue weighted by Crippen LogP contribution is 2.28. The Balaban J connectivity index is 2.36. The highest BCUT2D eigenvalue weighted by molar-refractivity contribution is 6.00. The SMILES string of the molecule is CCC(CCO)Nc1ccc(N)c2cnccc12. The number of fused-ring (bicyclic) bond motifs is 1. The number of nitrogens with one attached hydrogen (secondary N) is 1. The second-order valence-corrected chi connectivity index (χ2v) is 4.39. The number of aromatic nitrogens is 1. The monoisotopic (exact) mass is 245 g/mol. The molecular weight excluding hydrogens is 226 g/mol. The normalized spacial score (nSPS) is 12.6. The van der Waals surface area contributed by atoms with Gasteiger partial charge < -0.3 is 16.2 Å². The van der Waals surface area contributed by atoms with Gasteiger partial charge in [0.2, 0.25) is 0 Å². The van der Waals surface area contributed by atoms with Gasteiger partial charge in [0.1, 0.15) is 0 Å². The molecule has 0 aliphatic rings. The number of anilines is 2. The van der Waals surface area contributed by atoms with E-state index in [9.17, 15) is 0 Å². The molecule has 0 aliphatic carbocycles. The number of pyridine rings is 1. The Labute approximate surface area is 107 Å². The van der Waals surface area contributed by atoms with Crippen LogP contribution < -0.4 is 11.1 Å². The van der Waals surface area contributed by atoms with Crippen molar-refractivity contribution in [3.63, 3.8) is 0 Å². The zero-order chi connectivity index (χ0) is 13.0. The predicted molar refractivity (Wildman–Crippen MR) is 75.6 cm³/mol. The van der Waals surface area contributed by atoms with Crippen LogP contribution in [0.15, 0.2) is 30.6 Å². The number of benzene rings is 1. The summed E-state index contributed by atoms with van der Waals surface area (Å²) < 4.78 is 0. The first-order valence-corrected chi connectivity index (χ1v) is 6.25. The first-order valence-electron chi connectivity index (χ1n) is 6.25. The van der Waals surface area contributed by atoms with Crippen LogP contribution in [0.1, 0.15) is 19.8 Å². The van der Waals surface area contributed by atoms with E-state index >= 15 is 0 Å². The molecule has 2 aromatic rings. The number of nitrogens with two attached hydrogens (primary N) is 1. The molecule has 1 aromatic heterocycles. The van der Waals surface area contributed by atoms with Gasteiger partial charge in [-0.2, -0.15) is 0 Å². The van der Waals surface area contributed by atoms with Crippen molar-refractivity contribution in [1.29, 1.82) is 0 Å². The molecule has 1 unspecified atom stereocenters. The van der Waals surface area contributed by atoms with Crippen molar-refractivity contribution < 1.29 is 5.11 Å². The minimum absolute atomic E-state index is 0.194. The van der Waals surface area contributed by atoms with Crippen LogP contribution in [0.5, 0.6) is 0 Å². The lowest BCUT2D eigenvalue weighted by Crippen LogP contribution is -2.20. The Morgan fingerprint density at radius 2 is 2.17 bits per heavy atom. The Hall–Kier alpha value is -1.81. The van der Waals surface area contributed by atoms with Crippen molar-refractivity contribution in [1.82, 2.24) is 4.98 Å². The fraction of sp³-hybridized carbons (Fsp3) is 0.357. The smallest absolute Gasteiger partial charge is 0.0450 e. The van der Waals surface area contributed by atoms with Crippen molar-refractivity contribution in [2.45, 2.75) is 25.8 Å². The maximum atomic E-state index is 9.03. The second-order valence-electron chi connectivity index (χ2n) is 4.39. The number of hydrogen-bond donors (Lipinski definition) is 3. The molecule has 1 atom stereocenters. The standard InChI is InChI=1S/C14H19N3O/c1-2-10(6-8-18)17-14-4-3-13(15)12-9-16-7-5-11(12)14/h3-5,7,9-10,17-18H,2,6,8,15H2,1H3. The van der Waals surface area contributed by atoms with Gasteiger partial charge >= 0.3 is 0 Å². The van der Waals surface area contributed by atoms with E-state index in [2.05, 4.69) is 17.2 Å². The Morgan fingerprint density at radius 1 is 1.33 bits per heavy atom. The summed E-state index contributed by atoms with van der Waals surface area (Å²) in [6, 6.07) is 6.10. The highest BCUT2D eigenvalue weighted by Gasteiger charge is 2.09. The van der Waals surface area contributed by atoms with Gasteiger partial charge in [0, 0.05) is 47.2 Å². The summed E-state index contributed by atoms with van der Waals surface area (Å²) in [4.78, 5) is 4.10. The van der Waals surface area contributed by atoms with Crippen molar-refractivity contribution >= 4 is 22.1 Å². The van der Waals surface area contributed by atoms with Gasteiger partial charge in [-0.15, -0.1) is 0 Å². The van der Waals surface area contributed by atoms with Crippen LogP contribution in [0, 0.1) is 0 Å². The third-order valence-electron chi connectivity index (χ3n) is 3.18. The number of aliphatic hydroxyl groups excluding tert-OH is 1. The molecule has 18 heavy (non-hydrogen) atoms. The topological polar surface area (TPSA) is 71.2 Å². The number of nitrogen functional groups attached to an aromatic ring is 1. The molecule has 0 saturated heterocycles. The van der Waals surface area contributed by atoms with Gasteiger partial charge in [-0.25, -0.2) is 0 Å². The molecule has 0 spiro atoms. The number of hydrogen-bond acceptors (Lipinski definition) is 4. The summed E-state index contributed by atoms with van der Waals surface area (Å²) in [6.07, 6.45) is 5.26.